The number of fused-ring (bicyclic) bond motifs is 2. The monoisotopic (exact) mass is 526 g/mol. The predicted octanol–water partition coefficient (Wildman–Crippen LogP) is 5.13. The molecule has 0 radical (unpaired) electrons. The number of rotatable bonds is 5. The van der Waals surface area contributed by atoms with Gasteiger partial charge in [-0.1, -0.05) is 55.4 Å². The number of ketones is 1. The summed E-state index contributed by atoms with van der Waals surface area (Å²) in [6, 6.07) is 0. The van der Waals surface area contributed by atoms with Gasteiger partial charge in [-0.3, -0.25) is 4.79 Å². The first-order chi connectivity index (χ1) is 16.4. The van der Waals surface area contributed by atoms with E-state index in [-0.39, 0.29) is 52.4 Å². The minimum Gasteiger partial charge on any atom is -0.414 e. The van der Waals surface area contributed by atoms with Crippen LogP contribution in [0.3, 0.4) is 0 Å². The van der Waals surface area contributed by atoms with E-state index in [9.17, 15) is 14.3 Å². The van der Waals surface area contributed by atoms with E-state index in [4.69, 9.17) is 17.7 Å². The van der Waals surface area contributed by atoms with E-state index in [1.54, 1.807) is 0 Å². The van der Waals surface area contributed by atoms with Crippen molar-refractivity contribution < 1.29 is 32.0 Å². The number of hydrogen-bond donors (Lipinski definition) is 1. The van der Waals surface area contributed by atoms with Crippen LogP contribution in [0.15, 0.2) is 11.2 Å². The van der Waals surface area contributed by atoms with Crippen LogP contribution in [0.4, 0.5) is 10.2 Å². The molecular formula is C24H39FN2O6Si2. The van der Waals surface area contributed by atoms with E-state index in [0.717, 1.165) is 0 Å². The molecule has 3 aliphatic rings. The molecule has 35 heavy (non-hydrogen) atoms. The first-order valence-electron chi connectivity index (χ1n) is 12.7. The molecule has 0 spiro atoms. The van der Waals surface area contributed by atoms with E-state index in [1.807, 2.05) is 0 Å². The Kier molecular flexibility index (Phi) is 7.35. The number of ether oxygens (including phenoxy) is 1. The smallest absolute Gasteiger partial charge is 0.335 e. The molecule has 0 aromatic carbocycles. The fourth-order valence-electron chi connectivity index (χ4n) is 5.75. The maximum absolute atomic E-state index is 14.7. The van der Waals surface area contributed by atoms with E-state index in [0.29, 0.717) is 0 Å². The van der Waals surface area contributed by atoms with Crippen LogP contribution in [-0.4, -0.2) is 63.7 Å². The average molecular weight is 527 g/mol. The zero-order valence-electron chi connectivity index (χ0n) is 21.9. The summed E-state index contributed by atoms with van der Waals surface area (Å²) in [6.07, 6.45) is -0.675. The summed E-state index contributed by atoms with van der Waals surface area (Å²) in [5.41, 5.74) is 0.492. The van der Waals surface area contributed by atoms with Crippen LogP contribution in [0.2, 0.25) is 22.2 Å². The van der Waals surface area contributed by atoms with Gasteiger partial charge in [-0.2, -0.15) is 0 Å². The van der Waals surface area contributed by atoms with Crippen molar-refractivity contribution in [3.63, 3.8) is 0 Å². The van der Waals surface area contributed by atoms with E-state index in [1.165, 1.54) is 17.0 Å². The first kappa shape index (κ1) is 26.8. The van der Waals surface area contributed by atoms with Gasteiger partial charge in [0.05, 0.1) is 12.2 Å². The van der Waals surface area contributed by atoms with Crippen LogP contribution >= 0.6 is 0 Å². The molecule has 1 N–H and O–H groups in total. The Morgan fingerprint density at radius 2 is 1.66 bits per heavy atom. The summed E-state index contributed by atoms with van der Waals surface area (Å²) >= 11 is 0. The van der Waals surface area contributed by atoms with Gasteiger partial charge in [0, 0.05) is 18.8 Å². The molecule has 0 bridgehead atoms. The highest BCUT2D eigenvalue weighted by atomic mass is 28.5. The number of hydrogen-bond acceptors (Lipinski definition) is 7. The second-order valence-corrected chi connectivity index (χ2v) is 20.0. The summed E-state index contributed by atoms with van der Waals surface area (Å²) in [4.78, 5) is 16.6. The number of aromatic nitrogens is 1. The molecule has 3 aliphatic heterocycles. The lowest BCUT2D eigenvalue weighted by atomic mass is 10.1. The lowest BCUT2D eigenvalue weighted by molar-refractivity contribution is -0.0576. The number of halogens is 1. The molecule has 11 heteroatoms. The van der Waals surface area contributed by atoms with Gasteiger partial charge in [-0.15, -0.1) is 0 Å². The lowest BCUT2D eigenvalue weighted by Crippen LogP contribution is -2.65. The van der Waals surface area contributed by atoms with E-state index < -0.39 is 47.5 Å². The molecule has 4 atom stereocenters. The van der Waals surface area contributed by atoms with Crippen LogP contribution in [0.25, 0.3) is 0 Å². The fourth-order valence-corrected chi connectivity index (χ4v) is 17.0. The van der Waals surface area contributed by atoms with Gasteiger partial charge in [0.2, 0.25) is 0 Å². The van der Waals surface area contributed by atoms with E-state index >= 15 is 0 Å². The summed E-state index contributed by atoms with van der Waals surface area (Å²) in [5.74, 6) is -0.839. The summed E-state index contributed by atoms with van der Waals surface area (Å²) in [5, 5.41) is 11.5. The van der Waals surface area contributed by atoms with Gasteiger partial charge in [-0.25, -0.2) is 9.38 Å². The molecule has 2 fully saturated rings. The van der Waals surface area contributed by atoms with Gasteiger partial charge in [0.1, 0.15) is 24.1 Å². The first-order valence-corrected chi connectivity index (χ1v) is 16.6. The highest BCUT2D eigenvalue weighted by Crippen LogP contribution is 2.49. The van der Waals surface area contributed by atoms with Crippen molar-refractivity contribution in [2.75, 3.05) is 6.61 Å². The number of aliphatic imine (C=N–C) groups is 1. The lowest BCUT2D eigenvalue weighted by Gasteiger charge is -2.51. The molecule has 0 saturated carbocycles. The van der Waals surface area contributed by atoms with Gasteiger partial charge in [-0.05, 0) is 22.2 Å². The average Bonchev–Trinajstić information content (AvgIpc) is 3.24. The molecule has 196 valence electrons. The second kappa shape index (κ2) is 9.58. The quantitative estimate of drug-likeness (QED) is 0.535. The van der Waals surface area contributed by atoms with Crippen LogP contribution in [-0.2, 0) is 17.7 Å². The maximum Gasteiger partial charge on any atom is 0.335 e. The Morgan fingerprint density at radius 1 is 1.06 bits per heavy atom. The van der Waals surface area contributed by atoms with Crippen molar-refractivity contribution in [3.8, 4) is 0 Å². The highest BCUT2D eigenvalue weighted by Gasteiger charge is 2.61. The third-order valence-electron chi connectivity index (χ3n) is 7.64. The third-order valence-corrected chi connectivity index (χ3v) is 17.9. The number of aliphatic hydroxyl groups excluding tert-OH is 1. The van der Waals surface area contributed by atoms with Crippen molar-refractivity contribution in [3.05, 3.63) is 17.6 Å². The van der Waals surface area contributed by atoms with Crippen LogP contribution in [0.5, 0.6) is 0 Å². The summed E-state index contributed by atoms with van der Waals surface area (Å²) in [7, 11) is -5.70. The van der Waals surface area contributed by atoms with Crippen molar-refractivity contribution >= 4 is 34.9 Å². The molecule has 0 unspecified atom stereocenters. The SMILES string of the molecule is CC(C)[Si]1(C(C)C)OC[C@H]2O[C@@H](n3cc(F)c4c3N=CCC4=O)[C@H](O)[C@@H]2O[Si](C(C)C)(C(C)C)O1. The van der Waals surface area contributed by atoms with Crippen molar-refractivity contribution in [2.45, 2.75) is 109 Å². The van der Waals surface area contributed by atoms with Crippen LogP contribution in [0, 0.1) is 5.82 Å². The molecule has 1 aromatic rings. The molecule has 2 saturated heterocycles. The van der Waals surface area contributed by atoms with Crippen LogP contribution in [0.1, 0.15) is 78.4 Å². The number of aliphatic hydroxyl groups is 1. The number of nitrogens with zero attached hydrogens (tertiary/aromatic N) is 2. The zero-order chi connectivity index (χ0) is 25.9. The summed E-state index contributed by atoms with van der Waals surface area (Å²) < 4.78 is 43.2. The van der Waals surface area contributed by atoms with Gasteiger partial charge >= 0.3 is 17.1 Å². The number of Topliss-reactive ketones (excluding diaryl/α,β-unsaturated/α-hetero) is 1. The molecule has 1 aromatic heterocycles. The van der Waals surface area contributed by atoms with Crippen LogP contribution < -0.4 is 0 Å². The largest absolute Gasteiger partial charge is 0.414 e. The minimum atomic E-state index is -2.94. The molecule has 4 rings (SSSR count). The Bertz CT molecular complexity index is 979. The Hall–Kier alpha value is -1.22. The normalized spacial score (nSPS) is 30.2. The van der Waals surface area contributed by atoms with Crippen molar-refractivity contribution in [2.24, 2.45) is 4.99 Å². The Balaban J connectivity index is 1.77. The third kappa shape index (κ3) is 4.22. The van der Waals surface area contributed by atoms with E-state index in [2.05, 4.69) is 60.4 Å². The van der Waals surface area contributed by atoms with Gasteiger partial charge in [0.15, 0.2) is 17.8 Å². The number of carbonyl (C=O) groups is 1. The van der Waals surface area contributed by atoms with Crippen molar-refractivity contribution in [1.29, 1.82) is 0 Å². The highest BCUT2D eigenvalue weighted by molar-refractivity contribution is 6.84. The Labute approximate surface area is 209 Å². The predicted molar refractivity (Wildman–Crippen MR) is 135 cm³/mol. The zero-order valence-corrected chi connectivity index (χ0v) is 23.9. The van der Waals surface area contributed by atoms with Gasteiger partial charge < -0.3 is 27.4 Å². The summed E-state index contributed by atoms with van der Waals surface area (Å²) in [6.45, 7) is 17.2. The number of carbonyl (C=O) groups excluding carboxylic acids is 1. The second-order valence-electron chi connectivity index (χ2n) is 11.1. The molecule has 0 aliphatic carbocycles. The molecule has 0 amide bonds. The van der Waals surface area contributed by atoms with Crippen molar-refractivity contribution in [1.82, 2.24) is 4.57 Å². The Morgan fingerprint density at radius 3 is 2.23 bits per heavy atom. The topological polar surface area (TPSA) is 91.5 Å². The maximum atomic E-state index is 14.7. The standard InChI is InChI=1S/C24H39FN2O6Si2/c1-13(2)34(14(3)4)30-12-19-22(32-35(33-34,15(5)6)16(7)8)21(29)24(31-19)27-11-17(25)20-18(28)9-10-26-23(20)27/h10-11,13-16,19,21-22,24,29H,9,12H2,1-8H3/t19-,21-,22-,24-/m1/s1. The fraction of sp³-hybridized carbons (Fsp3) is 0.750. The molecular weight excluding hydrogens is 487 g/mol. The molecule has 4 heterocycles. The minimum absolute atomic E-state index is 0.0512. The van der Waals surface area contributed by atoms with Gasteiger partial charge in [0.25, 0.3) is 0 Å². The molecule has 8 nitrogen and oxygen atoms in total.